The summed E-state index contributed by atoms with van der Waals surface area (Å²) in [4.78, 5) is 4.31. The summed E-state index contributed by atoms with van der Waals surface area (Å²) in [6.45, 7) is 12.0. The van der Waals surface area contributed by atoms with Crippen LogP contribution >= 0.6 is 0 Å². The average Bonchev–Trinajstić information content (AvgIpc) is 2.95. The van der Waals surface area contributed by atoms with Gasteiger partial charge in [0.2, 0.25) is 0 Å². The molecule has 0 radical (unpaired) electrons. The maximum Gasteiger partial charge on any atom is 0.141 e. The lowest BCUT2D eigenvalue weighted by molar-refractivity contribution is 0.409. The molecule has 0 unspecified atom stereocenters. The van der Waals surface area contributed by atoms with E-state index >= 15 is 0 Å². The third-order valence-corrected chi connectivity index (χ3v) is 2.98. The predicted molar refractivity (Wildman–Crippen MR) is 78.3 cm³/mol. The van der Waals surface area contributed by atoms with Crippen molar-refractivity contribution in [1.82, 2.24) is 29.9 Å². The lowest BCUT2D eigenvalue weighted by Gasteiger charge is -2.20. The summed E-state index contributed by atoms with van der Waals surface area (Å²) in [5.41, 5.74) is 1.07. The van der Waals surface area contributed by atoms with Crippen LogP contribution in [0.3, 0.4) is 0 Å². The minimum atomic E-state index is 0.0655. The Bertz CT molecular complexity index is 546. The molecule has 2 aromatic rings. The zero-order valence-electron chi connectivity index (χ0n) is 13.0. The van der Waals surface area contributed by atoms with Crippen molar-refractivity contribution in [3.8, 4) is 0 Å². The normalized spacial score (nSPS) is 12.3. The topological polar surface area (TPSA) is 60.6 Å². The molecular formula is C14H24N6. The van der Waals surface area contributed by atoms with Crippen LogP contribution in [-0.4, -0.2) is 30.1 Å². The molecule has 0 bridgehead atoms. The molecular weight excluding hydrogens is 252 g/mol. The van der Waals surface area contributed by atoms with E-state index in [0.717, 1.165) is 11.5 Å². The summed E-state index contributed by atoms with van der Waals surface area (Å²) >= 11 is 0. The van der Waals surface area contributed by atoms with Gasteiger partial charge in [0, 0.05) is 17.8 Å². The highest BCUT2D eigenvalue weighted by atomic mass is 15.4. The fourth-order valence-corrected chi connectivity index (χ4v) is 1.80. The summed E-state index contributed by atoms with van der Waals surface area (Å²) in [6, 6.07) is 2.41. The molecule has 1 N–H and O–H groups in total. The van der Waals surface area contributed by atoms with Gasteiger partial charge in [0.05, 0.1) is 18.8 Å². The van der Waals surface area contributed by atoms with Gasteiger partial charge in [-0.25, -0.2) is 9.67 Å². The van der Waals surface area contributed by atoms with E-state index in [0.29, 0.717) is 19.1 Å². The van der Waals surface area contributed by atoms with Crippen molar-refractivity contribution >= 4 is 0 Å². The zero-order valence-corrected chi connectivity index (χ0v) is 13.0. The van der Waals surface area contributed by atoms with Crippen molar-refractivity contribution in [1.29, 1.82) is 0 Å². The van der Waals surface area contributed by atoms with Gasteiger partial charge >= 0.3 is 0 Å². The van der Waals surface area contributed by atoms with E-state index in [1.807, 2.05) is 21.6 Å². The van der Waals surface area contributed by atoms with E-state index in [1.165, 1.54) is 0 Å². The minimum absolute atomic E-state index is 0.0655. The molecule has 2 rings (SSSR count). The Balaban J connectivity index is 2.04. The SMILES string of the molecule is CC(C)n1ccc(Cn2ncnc2CNC(C)(C)C)n1. The standard InChI is InChI=1S/C14H24N6/c1-11(2)19-7-6-12(18-19)9-20-13(15-10-17-20)8-16-14(3,4)5/h6-7,10-11,16H,8-9H2,1-5H3. The average molecular weight is 276 g/mol. The first kappa shape index (κ1) is 14.7. The van der Waals surface area contributed by atoms with Crippen LogP contribution < -0.4 is 5.32 Å². The lowest BCUT2D eigenvalue weighted by Crippen LogP contribution is -2.36. The van der Waals surface area contributed by atoms with E-state index < -0.39 is 0 Å². The number of aromatic nitrogens is 5. The fraction of sp³-hybridized carbons (Fsp3) is 0.643. The highest BCUT2D eigenvalue weighted by Crippen LogP contribution is 2.07. The number of hydrogen-bond acceptors (Lipinski definition) is 4. The molecule has 2 aromatic heterocycles. The second-order valence-electron chi connectivity index (χ2n) is 6.32. The van der Waals surface area contributed by atoms with Crippen molar-refractivity contribution < 1.29 is 0 Å². The van der Waals surface area contributed by atoms with Gasteiger partial charge in [-0.1, -0.05) is 0 Å². The largest absolute Gasteiger partial charge is 0.305 e. The molecule has 0 aliphatic rings. The van der Waals surface area contributed by atoms with Crippen molar-refractivity contribution in [3.63, 3.8) is 0 Å². The van der Waals surface area contributed by atoms with Gasteiger partial charge in [-0.2, -0.15) is 10.2 Å². The second-order valence-corrected chi connectivity index (χ2v) is 6.32. The number of nitrogens with zero attached hydrogens (tertiary/aromatic N) is 5. The minimum Gasteiger partial charge on any atom is -0.305 e. The van der Waals surface area contributed by atoms with Gasteiger partial charge in [0.25, 0.3) is 0 Å². The number of hydrogen-bond donors (Lipinski definition) is 1. The lowest BCUT2D eigenvalue weighted by atomic mass is 10.1. The first-order chi connectivity index (χ1) is 9.35. The monoisotopic (exact) mass is 276 g/mol. The van der Waals surface area contributed by atoms with Crippen LogP contribution in [0.1, 0.15) is 52.2 Å². The summed E-state index contributed by atoms with van der Waals surface area (Å²) in [5.74, 6) is 0.930. The molecule has 20 heavy (non-hydrogen) atoms. The molecule has 6 nitrogen and oxygen atoms in total. The van der Waals surface area contributed by atoms with Crippen LogP contribution in [0.2, 0.25) is 0 Å². The Morgan fingerprint density at radius 2 is 2.05 bits per heavy atom. The third-order valence-electron chi connectivity index (χ3n) is 2.98. The van der Waals surface area contributed by atoms with Gasteiger partial charge in [-0.05, 0) is 40.7 Å². The van der Waals surface area contributed by atoms with Gasteiger partial charge in [0.1, 0.15) is 12.2 Å². The summed E-state index contributed by atoms with van der Waals surface area (Å²) < 4.78 is 3.85. The first-order valence-corrected chi connectivity index (χ1v) is 7.01. The summed E-state index contributed by atoms with van der Waals surface area (Å²) in [5, 5.41) is 12.2. The molecule has 0 fully saturated rings. The van der Waals surface area contributed by atoms with Crippen LogP contribution in [-0.2, 0) is 13.1 Å². The van der Waals surface area contributed by atoms with Gasteiger partial charge < -0.3 is 5.32 Å². The quantitative estimate of drug-likeness (QED) is 0.907. The molecule has 6 heteroatoms. The zero-order chi connectivity index (χ0) is 14.8. The Kier molecular flexibility index (Phi) is 4.23. The second kappa shape index (κ2) is 5.75. The summed E-state index contributed by atoms with van der Waals surface area (Å²) in [7, 11) is 0. The molecule has 0 saturated heterocycles. The van der Waals surface area contributed by atoms with Crippen LogP contribution in [0.4, 0.5) is 0 Å². The van der Waals surface area contributed by atoms with Crippen molar-refractivity contribution in [3.05, 3.63) is 30.1 Å². The van der Waals surface area contributed by atoms with Gasteiger partial charge in [-0.3, -0.25) is 4.68 Å². The van der Waals surface area contributed by atoms with Gasteiger partial charge in [-0.15, -0.1) is 0 Å². The van der Waals surface area contributed by atoms with Gasteiger partial charge in [0.15, 0.2) is 0 Å². The molecule has 2 heterocycles. The van der Waals surface area contributed by atoms with Crippen LogP contribution in [0.5, 0.6) is 0 Å². The third kappa shape index (κ3) is 3.90. The van der Waals surface area contributed by atoms with Crippen molar-refractivity contribution in [2.45, 2.75) is 59.3 Å². The first-order valence-electron chi connectivity index (χ1n) is 7.01. The summed E-state index contributed by atoms with van der Waals surface area (Å²) in [6.07, 6.45) is 3.60. The Labute approximate surface area is 120 Å². The van der Waals surface area contributed by atoms with E-state index in [9.17, 15) is 0 Å². The van der Waals surface area contributed by atoms with Crippen molar-refractivity contribution in [2.75, 3.05) is 0 Å². The molecule has 110 valence electrons. The molecule has 0 amide bonds. The van der Waals surface area contributed by atoms with E-state index in [1.54, 1.807) is 6.33 Å². The van der Waals surface area contributed by atoms with E-state index in [-0.39, 0.29) is 5.54 Å². The Morgan fingerprint density at radius 3 is 2.65 bits per heavy atom. The van der Waals surface area contributed by atoms with Crippen molar-refractivity contribution in [2.24, 2.45) is 0 Å². The maximum atomic E-state index is 4.54. The smallest absolute Gasteiger partial charge is 0.141 e. The Hall–Kier alpha value is -1.69. The molecule has 0 aliphatic heterocycles. The fourth-order valence-electron chi connectivity index (χ4n) is 1.80. The molecule has 0 aromatic carbocycles. The number of rotatable bonds is 5. The predicted octanol–water partition coefficient (Wildman–Crippen LogP) is 1.99. The highest BCUT2D eigenvalue weighted by molar-refractivity contribution is 5.01. The molecule has 0 spiro atoms. The van der Waals surface area contributed by atoms with E-state index in [4.69, 9.17) is 0 Å². The molecule has 0 saturated carbocycles. The highest BCUT2D eigenvalue weighted by Gasteiger charge is 2.12. The van der Waals surface area contributed by atoms with E-state index in [2.05, 4.69) is 55.1 Å². The van der Waals surface area contributed by atoms with Crippen LogP contribution in [0.15, 0.2) is 18.6 Å². The maximum absolute atomic E-state index is 4.54. The number of nitrogens with one attached hydrogen (secondary N) is 1. The molecule has 0 aliphatic carbocycles. The van der Waals surface area contributed by atoms with Crippen LogP contribution in [0, 0.1) is 0 Å². The Morgan fingerprint density at radius 1 is 1.30 bits per heavy atom. The molecule has 0 atom stereocenters. The van der Waals surface area contributed by atoms with Crippen LogP contribution in [0.25, 0.3) is 0 Å².